The first-order valence-electron chi connectivity index (χ1n) is 8.36. The second-order valence-electron chi connectivity index (χ2n) is 6.33. The molecule has 2 aromatic carbocycles. The van der Waals surface area contributed by atoms with E-state index in [2.05, 4.69) is 10.0 Å². The standard InChI is InChI=1S/C18H19ClFN3O4S/c1-23-17(18(24)21-12-5-8-15(20)14(19)9-12)10-16(22-28(23,25)26)11-3-6-13(27-2)7-4-11/h3-9,16-17,22H,10H2,1-2H3,(H,21,24)/t16-,17+/m1/s1. The van der Waals surface area contributed by atoms with Crippen LogP contribution in [-0.4, -0.2) is 38.8 Å². The predicted octanol–water partition coefficient (Wildman–Crippen LogP) is 2.71. The Morgan fingerprint density at radius 3 is 2.57 bits per heavy atom. The molecule has 0 spiro atoms. The van der Waals surface area contributed by atoms with Gasteiger partial charge < -0.3 is 10.1 Å². The number of rotatable bonds is 4. The Morgan fingerprint density at radius 1 is 1.29 bits per heavy atom. The lowest BCUT2D eigenvalue weighted by atomic mass is 9.99. The van der Waals surface area contributed by atoms with E-state index in [0.29, 0.717) is 11.3 Å². The fourth-order valence-electron chi connectivity index (χ4n) is 2.96. The summed E-state index contributed by atoms with van der Waals surface area (Å²) in [6.45, 7) is 0. The van der Waals surface area contributed by atoms with Gasteiger partial charge in [0.05, 0.1) is 12.1 Å². The molecule has 0 aliphatic carbocycles. The van der Waals surface area contributed by atoms with Gasteiger partial charge in [0.15, 0.2) is 0 Å². The third-order valence-electron chi connectivity index (χ3n) is 4.58. The highest BCUT2D eigenvalue weighted by molar-refractivity contribution is 7.87. The minimum Gasteiger partial charge on any atom is -0.497 e. The molecule has 0 aromatic heterocycles. The lowest BCUT2D eigenvalue weighted by Gasteiger charge is -2.36. The molecule has 2 N–H and O–H groups in total. The highest BCUT2D eigenvalue weighted by atomic mass is 35.5. The number of anilines is 1. The summed E-state index contributed by atoms with van der Waals surface area (Å²) in [5.74, 6) is -0.503. The second kappa shape index (κ2) is 8.04. The lowest BCUT2D eigenvalue weighted by molar-refractivity contribution is -0.120. The molecule has 3 rings (SSSR count). The highest BCUT2D eigenvalue weighted by Crippen LogP contribution is 2.29. The molecule has 1 aliphatic heterocycles. The number of carbonyl (C=O) groups excluding carboxylic acids is 1. The van der Waals surface area contributed by atoms with Crippen molar-refractivity contribution >= 4 is 33.4 Å². The summed E-state index contributed by atoms with van der Waals surface area (Å²) >= 11 is 5.73. The number of nitrogens with one attached hydrogen (secondary N) is 2. The van der Waals surface area contributed by atoms with Gasteiger partial charge in [-0.1, -0.05) is 23.7 Å². The number of methoxy groups -OCH3 is 1. The van der Waals surface area contributed by atoms with Gasteiger partial charge in [0, 0.05) is 18.8 Å². The van der Waals surface area contributed by atoms with Crippen molar-refractivity contribution < 1.29 is 22.3 Å². The Kier molecular flexibility index (Phi) is 5.90. The largest absolute Gasteiger partial charge is 0.497 e. The topological polar surface area (TPSA) is 87.7 Å². The summed E-state index contributed by atoms with van der Waals surface area (Å²) in [5, 5.41) is 2.46. The van der Waals surface area contributed by atoms with Crippen LogP contribution in [0.4, 0.5) is 10.1 Å². The van der Waals surface area contributed by atoms with Gasteiger partial charge in [0.2, 0.25) is 5.91 Å². The summed E-state index contributed by atoms with van der Waals surface area (Å²) in [6, 6.07) is 9.14. The van der Waals surface area contributed by atoms with E-state index >= 15 is 0 Å². The van der Waals surface area contributed by atoms with Crippen molar-refractivity contribution in [2.45, 2.75) is 18.5 Å². The summed E-state index contributed by atoms with van der Waals surface area (Å²) in [4.78, 5) is 12.7. The fraction of sp³-hybridized carbons (Fsp3) is 0.278. The van der Waals surface area contributed by atoms with Crippen molar-refractivity contribution in [1.29, 1.82) is 0 Å². The van der Waals surface area contributed by atoms with E-state index < -0.39 is 34.0 Å². The van der Waals surface area contributed by atoms with Gasteiger partial charge >= 0.3 is 0 Å². The van der Waals surface area contributed by atoms with Crippen LogP contribution in [0, 0.1) is 5.82 Å². The van der Waals surface area contributed by atoms with Crippen LogP contribution < -0.4 is 14.8 Å². The molecule has 1 saturated heterocycles. The fourth-order valence-corrected chi connectivity index (χ4v) is 4.42. The van der Waals surface area contributed by atoms with E-state index in [-0.39, 0.29) is 17.1 Å². The third kappa shape index (κ3) is 4.27. The maximum absolute atomic E-state index is 13.3. The number of amides is 1. The van der Waals surface area contributed by atoms with E-state index in [1.165, 1.54) is 26.3 Å². The molecule has 28 heavy (non-hydrogen) atoms. The molecule has 150 valence electrons. The smallest absolute Gasteiger partial charge is 0.280 e. The molecule has 7 nitrogen and oxygen atoms in total. The van der Waals surface area contributed by atoms with Crippen LogP contribution in [0.25, 0.3) is 0 Å². The number of hydrogen-bond donors (Lipinski definition) is 2. The molecule has 2 aromatic rings. The summed E-state index contributed by atoms with van der Waals surface area (Å²) in [6.07, 6.45) is 0.211. The number of halogens is 2. The van der Waals surface area contributed by atoms with Gasteiger partial charge in [-0.2, -0.15) is 17.4 Å². The van der Waals surface area contributed by atoms with Gasteiger partial charge in [-0.3, -0.25) is 4.79 Å². The normalized spacial score (nSPS) is 21.9. The molecule has 1 heterocycles. The molecular weight excluding hydrogens is 409 g/mol. The first kappa shape index (κ1) is 20.5. The zero-order valence-electron chi connectivity index (χ0n) is 15.1. The van der Waals surface area contributed by atoms with Crippen LogP contribution in [-0.2, 0) is 15.0 Å². The van der Waals surface area contributed by atoms with Crippen molar-refractivity contribution in [2.24, 2.45) is 0 Å². The molecule has 1 fully saturated rings. The highest BCUT2D eigenvalue weighted by Gasteiger charge is 2.40. The van der Waals surface area contributed by atoms with Crippen LogP contribution in [0.2, 0.25) is 5.02 Å². The number of nitrogens with zero attached hydrogens (tertiary/aromatic N) is 1. The number of ether oxygens (including phenoxy) is 1. The van der Waals surface area contributed by atoms with Crippen molar-refractivity contribution in [1.82, 2.24) is 9.03 Å². The van der Waals surface area contributed by atoms with Gasteiger partial charge in [-0.25, -0.2) is 4.39 Å². The number of benzene rings is 2. The maximum Gasteiger partial charge on any atom is 0.280 e. The Hall–Kier alpha value is -2.20. The van der Waals surface area contributed by atoms with E-state index in [1.54, 1.807) is 24.3 Å². The molecule has 10 heteroatoms. The number of hydrogen-bond acceptors (Lipinski definition) is 4. The summed E-state index contributed by atoms with van der Waals surface area (Å²) in [5.41, 5.74) is 0.988. The average molecular weight is 428 g/mol. The van der Waals surface area contributed by atoms with E-state index in [4.69, 9.17) is 16.3 Å². The Morgan fingerprint density at radius 2 is 1.96 bits per heavy atom. The zero-order chi connectivity index (χ0) is 20.5. The molecule has 0 unspecified atom stereocenters. The van der Waals surface area contributed by atoms with Crippen molar-refractivity contribution in [2.75, 3.05) is 19.5 Å². The molecule has 0 bridgehead atoms. The Balaban J connectivity index is 1.83. The van der Waals surface area contributed by atoms with Gasteiger partial charge in [-0.05, 0) is 42.3 Å². The quantitative estimate of drug-likeness (QED) is 0.785. The molecular formula is C18H19ClFN3O4S. The third-order valence-corrected chi connectivity index (χ3v) is 6.46. The van der Waals surface area contributed by atoms with Crippen molar-refractivity contribution in [3.63, 3.8) is 0 Å². The molecule has 0 saturated carbocycles. The van der Waals surface area contributed by atoms with E-state index in [0.717, 1.165) is 10.4 Å². The Labute approximate surface area is 167 Å². The zero-order valence-corrected chi connectivity index (χ0v) is 16.7. The van der Waals surface area contributed by atoms with Crippen molar-refractivity contribution in [3.05, 3.63) is 58.9 Å². The second-order valence-corrected chi connectivity index (χ2v) is 8.50. The Bertz CT molecular complexity index is 985. The molecule has 1 amide bonds. The van der Waals surface area contributed by atoms with Crippen LogP contribution in [0.1, 0.15) is 18.0 Å². The lowest BCUT2D eigenvalue weighted by Crippen LogP contribution is -2.55. The SMILES string of the molecule is COc1ccc([C@H]2C[C@@H](C(=O)Nc3ccc(F)c(Cl)c3)N(C)S(=O)(=O)N2)cc1. The molecule has 2 atom stereocenters. The van der Waals surface area contributed by atoms with Gasteiger partial charge in [-0.15, -0.1) is 0 Å². The monoisotopic (exact) mass is 427 g/mol. The van der Waals surface area contributed by atoms with E-state index in [9.17, 15) is 17.6 Å². The van der Waals surface area contributed by atoms with Crippen LogP contribution in [0.5, 0.6) is 5.75 Å². The van der Waals surface area contributed by atoms with Crippen molar-refractivity contribution in [3.8, 4) is 5.75 Å². The molecule has 1 aliphatic rings. The van der Waals surface area contributed by atoms with E-state index in [1.807, 2.05) is 0 Å². The molecule has 0 radical (unpaired) electrons. The predicted molar refractivity (Wildman–Crippen MR) is 104 cm³/mol. The summed E-state index contributed by atoms with van der Waals surface area (Å²) in [7, 11) is -1.01. The summed E-state index contributed by atoms with van der Waals surface area (Å²) < 4.78 is 46.9. The van der Waals surface area contributed by atoms with Crippen LogP contribution in [0.15, 0.2) is 42.5 Å². The average Bonchev–Trinajstić information content (AvgIpc) is 2.66. The number of carbonyl (C=O) groups is 1. The number of likely N-dealkylation sites (N-methyl/N-ethyl adjacent to an activating group) is 1. The minimum absolute atomic E-state index is 0.139. The minimum atomic E-state index is -3.87. The van der Waals surface area contributed by atoms with Gasteiger partial charge in [0.25, 0.3) is 10.2 Å². The van der Waals surface area contributed by atoms with Crippen LogP contribution >= 0.6 is 11.6 Å². The van der Waals surface area contributed by atoms with Crippen LogP contribution in [0.3, 0.4) is 0 Å². The van der Waals surface area contributed by atoms with Gasteiger partial charge in [0.1, 0.15) is 17.6 Å². The first-order valence-corrected chi connectivity index (χ1v) is 10.2. The first-order chi connectivity index (χ1) is 13.2. The maximum atomic E-state index is 13.3.